The molecule has 0 spiro atoms. The number of hydrogen-bond donors (Lipinski definition) is 2. The topological polar surface area (TPSA) is 67.4 Å². The van der Waals surface area contributed by atoms with E-state index in [4.69, 9.17) is 4.74 Å². The van der Waals surface area contributed by atoms with Gasteiger partial charge in [-0.25, -0.2) is 0 Å². The Kier molecular flexibility index (Phi) is 8.29. The van der Waals surface area contributed by atoms with Gasteiger partial charge in [-0.3, -0.25) is 9.59 Å². The molecule has 26 heavy (non-hydrogen) atoms. The van der Waals surface area contributed by atoms with Gasteiger partial charge in [0.05, 0.1) is 7.11 Å². The highest BCUT2D eigenvalue weighted by molar-refractivity contribution is 7.98. The van der Waals surface area contributed by atoms with Gasteiger partial charge in [-0.05, 0) is 62.2 Å². The molecule has 0 radical (unpaired) electrons. The number of anilines is 1. The van der Waals surface area contributed by atoms with Crippen LogP contribution in [0.15, 0.2) is 24.3 Å². The Balaban J connectivity index is 1.98. The van der Waals surface area contributed by atoms with Crippen molar-refractivity contribution >= 4 is 29.3 Å². The number of ether oxygens (including phenoxy) is 1. The van der Waals surface area contributed by atoms with Gasteiger partial charge in [0.15, 0.2) is 0 Å². The fraction of sp³-hybridized carbons (Fsp3) is 0.600. The van der Waals surface area contributed by atoms with Crippen LogP contribution in [0.5, 0.6) is 5.75 Å². The quantitative estimate of drug-likeness (QED) is 0.724. The van der Waals surface area contributed by atoms with E-state index in [2.05, 4.69) is 17.6 Å². The van der Waals surface area contributed by atoms with E-state index < -0.39 is 6.04 Å². The van der Waals surface area contributed by atoms with Crippen molar-refractivity contribution in [2.75, 3.05) is 24.4 Å². The second kappa shape index (κ2) is 10.5. The van der Waals surface area contributed by atoms with E-state index in [-0.39, 0.29) is 17.7 Å². The van der Waals surface area contributed by atoms with Crippen molar-refractivity contribution in [1.29, 1.82) is 0 Å². The van der Waals surface area contributed by atoms with E-state index in [0.29, 0.717) is 23.8 Å². The van der Waals surface area contributed by atoms with Crippen molar-refractivity contribution in [3.8, 4) is 5.75 Å². The molecule has 0 aliphatic heterocycles. The molecule has 0 aromatic heterocycles. The number of carbonyl (C=O) groups is 2. The molecule has 5 nitrogen and oxygen atoms in total. The molecule has 1 aromatic carbocycles. The van der Waals surface area contributed by atoms with Crippen LogP contribution in [0.4, 0.5) is 5.69 Å². The predicted molar refractivity (Wildman–Crippen MR) is 108 cm³/mol. The minimum absolute atomic E-state index is 0.0174. The zero-order valence-corrected chi connectivity index (χ0v) is 16.7. The summed E-state index contributed by atoms with van der Waals surface area (Å²) in [6, 6.07) is 6.73. The van der Waals surface area contributed by atoms with Crippen LogP contribution in [0, 0.1) is 11.8 Å². The molecule has 1 fully saturated rings. The average Bonchev–Trinajstić information content (AvgIpc) is 2.65. The highest BCUT2D eigenvalue weighted by Crippen LogP contribution is 2.28. The number of amides is 2. The second-order valence-electron chi connectivity index (χ2n) is 7.02. The van der Waals surface area contributed by atoms with Crippen LogP contribution < -0.4 is 15.4 Å². The Bertz CT molecular complexity index is 600. The number of nitrogens with one attached hydrogen (secondary N) is 2. The third-order valence-electron chi connectivity index (χ3n) is 4.97. The van der Waals surface area contributed by atoms with E-state index in [1.165, 1.54) is 0 Å². The Hall–Kier alpha value is -1.69. The SMILES string of the molecule is COc1cccc(NC(=O)[C@H](CCSC)NC(=O)C2CCC(C)CC2)c1. The number of thioether (sulfide) groups is 1. The first kappa shape index (κ1) is 20.6. The molecule has 2 rings (SSSR count). The van der Waals surface area contributed by atoms with Gasteiger partial charge in [-0.15, -0.1) is 0 Å². The van der Waals surface area contributed by atoms with Crippen molar-refractivity contribution in [1.82, 2.24) is 5.32 Å². The first-order valence-electron chi connectivity index (χ1n) is 9.27. The van der Waals surface area contributed by atoms with Crippen molar-refractivity contribution in [2.24, 2.45) is 11.8 Å². The van der Waals surface area contributed by atoms with Gasteiger partial charge < -0.3 is 15.4 Å². The van der Waals surface area contributed by atoms with Gasteiger partial charge in [0.1, 0.15) is 11.8 Å². The number of methoxy groups -OCH3 is 1. The molecule has 6 heteroatoms. The lowest BCUT2D eigenvalue weighted by molar-refractivity contribution is -0.130. The third-order valence-corrected chi connectivity index (χ3v) is 5.61. The van der Waals surface area contributed by atoms with Crippen molar-refractivity contribution < 1.29 is 14.3 Å². The van der Waals surface area contributed by atoms with Crippen molar-refractivity contribution in [2.45, 2.75) is 45.1 Å². The zero-order chi connectivity index (χ0) is 18.9. The fourth-order valence-corrected chi connectivity index (χ4v) is 3.72. The average molecular weight is 379 g/mol. The van der Waals surface area contributed by atoms with Gasteiger partial charge >= 0.3 is 0 Å². The van der Waals surface area contributed by atoms with Crippen molar-refractivity contribution in [3.63, 3.8) is 0 Å². The molecule has 1 atom stereocenters. The number of hydrogen-bond acceptors (Lipinski definition) is 4. The molecule has 1 aliphatic rings. The van der Waals surface area contributed by atoms with Gasteiger partial charge in [0.2, 0.25) is 11.8 Å². The summed E-state index contributed by atoms with van der Waals surface area (Å²) < 4.78 is 5.19. The Labute approximate surface area is 160 Å². The number of carbonyl (C=O) groups excluding carboxylic acids is 2. The Morgan fingerprint density at radius 3 is 2.65 bits per heavy atom. The van der Waals surface area contributed by atoms with Crippen LogP contribution in [0.25, 0.3) is 0 Å². The summed E-state index contributed by atoms with van der Waals surface area (Å²) >= 11 is 1.67. The Morgan fingerprint density at radius 2 is 2.00 bits per heavy atom. The molecule has 2 N–H and O–H groups in total. The van der Waals surface area contributed by atoms with E-state index >= 15 is 0 Å². The lowest BCUT2D eigenvalue weighted by atomic mass is 9.82. The predicted octanol–water partition coefficient (Wildman–Crippen LogP) is 3.70. The van der Waals surface area contributed by atoms with E-state index in [1.807, 2.05) is 24.5 Å². The van der Waals surface area contributed by atoms with Gasteiger partial charge in [0, 0.05) is 17.7 Å². The summed E-state index contributed by atoms with van der Waals surface area (Å²) in [4.78, 5) is 25.3. The second-order valence-corrected chi connectivity index (χ2v) is 8.01. The Morgan fingerprint density at radius 1 is 1.27 bits per heavy atom. The van der Waals surface area contributed by atoms with E-state index in [1.54, 1.807) is 24.9 Å². The minimum atomic E-state index is -0.513. The fourth-order valence-electron chi connectivity index (χ4n) is 3.25. The number of rotatable bonds is 8. The summed E-state index contributed by atoms with van der Waals surface area (Å²) in [7, 11) is 1.59. The molecule has 0 heterocycles. The third kappa shape index (κ3) is 6.24. The van der Waals surface area contributed by atoms with E-state index in [0.717, 1.165) is 31.4 Å². The zero-order valence-electron chi connectivity index (χ0n) is 15.9. The van der Waals surface area contributed by atoms with Crippen LogP contribution in [-0.4, -0.2) is 37.0 Å². The molecule has 1 aromatic rings. The van der Waals surface area contributed by atoms with Crippen LogP contribution in [-0.2, 0) is 9.59 Å². The summed E-state index contributed by atoms with van der Waals surface area (Å²) in [6.07, 6.45) is 6.62. The van der Waals surface area contributed by atoms with Crippen molar-refractivity contribution in [3.05, 3.63) is 24.3 Å². The maximum Gasteiger partial charge on any atom is 0.246 e. The molecular formula is C20H30N2O3S. The first-order valence-corrected chi connectivity index (χ1v) is 10.7. The summed E-state index contributed by atoms with van der Waals surface area (Å²) in [6.45, 7) is 2.23. The largest absolute Gasteiger partial charge is 0.497 e. The normalized spacial score (nSPS) is 20.9. The highest BCUT2D eigenvalue weighted by atomic mass is 32.2. The molecule has 0 bridgehead atoms. The molecular weight excluding hydrogens is 348 g/mol. The lowest BCUT2D eigenvalue weighted by Gasteiger charge is -2.27. The minimum Gasteiger partial charge on any atom is -0.497 e. The maximum absolute atomic E-state index is 12.7. The summed E-state index contributed by atoms with van der Waals surface area (Å²) in [5.41, 5.74) is 0.671. The van der Waals surface area contributed by atoms with Gasteiger partial charge in [0.25, 0.3) is 0 Å². The standard InChI is InChI=1S/C20H30N2O3S/c1-14-7-9-15(10-8-14)19(23)22-18(11-12-26-3)20(24)21-16-5-4-6-17(13-16)25-2/h4-6,13-15,18H,7-12H2,1-3H3,(H,21,24)(H,22,23)/t14?,15?,18-/m0/s1. The molecule has 2 amide bonds. The van der Waals surface area contributed by atoms with Gasteiger partial charge in [-0.2, -0.15) is 11.8 Å². The number of benzene rings is 1. The first-order chi connectivity index (χ1) is 12.5. The molecule has 144 valence electrons. The van der Waals surface area contributed by atoms with Crippen LogP contribution in [0.2, 0.25) is 0 Å². The lowest BCUT2D eigenvalue weighted by Crippen LogP contribution is -2.46. The molecule has 1 aliphatic carbocycles. The maximum atomic E-state index is 12.7. The molecule has 0 unspecified atom stereocenters. The van der Waals surface area contributed by atoms with E-state index in [9.17, 15) is 9.59 Å². The van der Waals surface area contributed by atoms with Crippen LogP contribution >= 0.6 is 11.8 Å². The smallest absolute Gasteiger partial charge is 0.246 e. The van der Waals surface area contributed by atoms with Crippen LogP contribution in [0.3, 0.4) is 0 Å². The molecule has 1 saturated carbocycles. The highest BCUT2D eigenvalue weighted by Gasteiger charge is 2.28. The van der Waals surface area contributed by atoms with Gasteiger partial charge in [-0.1, -0.05) is 13.0 Å². The summed E-state index contributed by atoms with van der Waals surface area (Å²) in [5.74, 6) is 2.07. The summed E-state index contributed by atoms with van der Waals surface area (Å²) in [5, 5.41) is 5.89. The monoisotopic (exact) mass is 378 g/mol. The molecule has 0 saturated heterocycles. The van der Waals surface area contributed by atoms with Crippen LogP contribution in [0.1, 0.15) is 39.0 Å².